The van der Waals surface area contributed by atoms with Gasteiger partial charge in [-0.1, -0.05) is 30.3 Å². The van der Waals surface area contributed by atoms with Gasteiger partial charge in [0.25, 0.3) is 0 Å². The van der Waals surface area contributed by atoms with Gasteiger partial charge in [0.2, 0.25) is 5.91 Å². The quantitative estimate of drug-likeness (QED) is 0.763. The van der Waals surface area contributed by atoms with E-state index in [2.05, 4.69) is 5.32 Å². The highest BCUT2D eigenvalue weighted by Gasteiger charge is 2.25. The Morgan fingerprint density at radius 1 is 1.40 bits per heavy atom. The van der Waals surface area contributed by atoms with Crippen LogP contribution in [0.25, 0.3) is 0 Å². The predicted molar refractivity (Wildman–Crippen MR) is 59.3 cm³/mol. The van der Waals surface area contributed by atoms with Gasteiger partial charge >= 0.3 is 0 Å². The van der Waals surface area contributed by atoms with Gasteiger partial charge in [-0.15, -0.1) is 0 Å². The van der Waals surface area contributed by atoms with Gasteiger partial charge in [0.05, 0.1) is 6.04 Å². The van der Waals surface area contributed by atoms with E-state index in [0.717, 1.165) is 18.4 Å². The summed E-state index contributed by atoms with van der Waals surface area (Å²) in [6.45, 7) is 0. The molecule has 1 amide bonds. The van der Waals surface area contributed by atoms with E-state index >= 15 is 0 Å². The lowest BCUT2D eigenvalue weighted by Gasteiger charge is -2.11. The molecule has 1 aliphatic rings. The number of carbonyl (C=O) groups excluding carboxylic acids is 1. The molecule has 1 fully saturated rings. The molecule has 15 heavy (non-hydrogen) atoms. The van der Waals surface area contributed by atoms with E-state index in [1.165, 1.54) is 0 Å². The van der Waals surface area contributed by atoms with Crippen molar-refractivity contribution in [3.8, 4) is 0 Å². The van der Waals surface area contributed by atoms with Crippen molar-refractivity contribution in [2.24, 2.45) is 5.73 Å². The van der Waals surface area contributed by atoms with E-state index in [0.29, 0.717) is 12.5 Å². The lowest BCUT2D eigenvalue weighted by Crippen LogP contribution is -2.42. The molecule has 3 N–H and O–H groups in total. The van der Waals surface area contributed by atoms with Crippen molar-refractivity contribution in [2.75, 3.05) is 0 Å². The van der Waals surface area contributed by atoms with Gasteiger partial charge in [0.1, 0.15) is 0 Å². The van der Waals surface area contributed by atoms with Crippen molar-refractivity contribution in [3.63, 3.8) is 0 Å². The Balaban J connectivity index is 1.85. The minimum atomic E-state index is -0.423. The summed E-state index contributed by atoms with van der Waals surface area (Å²) >= 11 is 0. The van der Waals surface area contributed by atoms with Gasteiger partial charge in [0.15, 0.2) is 0 Å². The molecule has 0 heterocycles. The van der Waals surface area contributed by atoms with Gasteiger partial charge in [0, 0.05) is 6.04 Å². The second-order valence-corrected chi connectivity index (χ2v) is 4.08. The number of carbonyl (C=O) groups is 1. The van der Waals surface area contributed by atoms with Crippen LogP contribution in [0, 0.1) is 0 Å². The average Bonchev–Trinajstić information content (AvgIpc) is 3.03. The van der Waals surface area contributed by atoms with Crippen LogP contribution in [0.5, 0.6) is 0 Å². The van der Waals surface area contributed by atoms with Crippen LogP contribution in [0.4, 0.5) is 0 Å². The molecule has 0 aromatic heterocycles. The van der Waals surface area contributed by atoms with Gasteiger partial charge in [-0.3, -0.25) is 4.79 Å². The van der Waals surface area contributed by atoms with Crippen molar-refractivity contribution in [1.29, 1.82) is 0 Å². The molecule has 0 bridgehead atoms. The average molecular weight is 204 g/mol. The highest BCUT2D eigenvalue weighted by Crippen LogP contribution is 2.18. The first-order chi connectivity index (χ1) is 7.25. The fourth-order valence-corrected chi connectivity index (χ4v) is 1.50. The van der Waals surface area contributed by atoms with Crippen molar-refractivity contribution >= 4 is 5.91 Å². The first kappa shape index (κ1) is 10.2. The van der Waals surface area contributed by atoms with E-state index in [1.807, 2.05) is 30.3 Å². The molecule has 0 radical (unpaired) electrons. The van der Waals surface area contributed by atoms with Crippen LogP contribution in [0.3, 0.4) is 0 Å². The van der Waals surface area contributed by atoms with Crippen LogP contribution < -0.4 is 11.1 Å². The van der Waals surface area contributed by atoms with Gasteiger partial charge in [-0.2, -0.15) is 0 Å². The number of hydrogen-bond donors (Lipinski definition) is 2. The third kappa shape index (κ3) is 3.06. The smallest absolute Gasteiger partial charge is 0.237 e. The van der Waals surface area contributed by atoms with E-state index < -0.39 is 6.04 Å². The minimum Gasteiger partial charge on any atom is -0.352 e. The van der Waals surface area contributed by atoms with E-state index in [1.54, 1.807) is 0 Å². The minimum absolute atomic E-state index is 0.0265. The van der Waals surface area contributed by atoms with Crippen LogP contribution in [0.1, 0.15) is 18.4 Å². The zero-order valence-electron chi connectivity index (χ0n) is 8.65. The fraction of sp³-hybridized carbons (Fsp3) is 0.417. The third-order valence-electron chi connectivity index (χ3n) is 2.56. The molecule has 1 aromatic carbocycles. The molecular formula is C12H16N2O. The van der Waals surface area contributed by atoms with Crippen LogP contribution in [0.15, 0.2) is 30.3 Å². The lowest BCUT2D eigenvalue weighted by atomic mass is 10.1. The molecule has 0 spiro atoms. The summed E-state index contributed by atoms with van der Waals surface area (Å²) in [6.07, 6.45) is 2.81. The number of hydrogen-bond acceptors (Lipinski definition) is 2. The molecule has 1 atom stereocenters. The molecule has 1 saturated carbocycles. The van der Waals surface area contributed by atoms with Gasteiger partial charge < -0.3 is 11.1 Å². The molecule has 2 rings (SSSR count). The Kier molecular flexibility index (Phi) is 3.02. The number of nitrogens with one attached hydrogen (secondary N) is 1. The Bertz CT molecular complexity index is 333. The Morgan fingerprint density at radius 3 is 2.67 bits per heavy atom. The van der Waals surface area contributed by atoms with E-state index in [9.17, 15) is 4.79 Å². The number of benzene rings is 1. The summed E-state index contributed by atoms with van der Waals surface area (Å²) in [5.74, 6) is -0.0265. The summed E-state index contributed by atoms with van der Waals surface area (Å²) in [5, 5.41) is 2.91. The van der Waals surface area contributed by atoms with Crippen molar-refractivity contribution in [3.05, 3.63) is 35.9 Å². The SMILES string of the molecule is NC(Cc1ccccc1)C(=O)NC1CC1. The molecule has 1 unspecified atom stereocenters. The Hall–Kier alpha value is -1.35. The molecule has 80 valence electrons. The summed E-state index contributed by atoms with van der Waals surface area (Å²) in [5.41, 5.74) is 6.92. The summed E-state index contributed by atoms with van der Waals surface area (Å²) in [6, 6.07) is 9.82. The maximum absolute atomic E-state index is 11.6. The van der Waals surface area contributed by atoms with Crippen molar-refractivity contribution < 1.29 is 4.79 Å². The second kappa shape index (κ2) is 4.45. The molecule has 0 saturated heterocycles. The topological polar surface area (TPSA) is 55.1 Å². The van der Waals surface area contributed by atoms with Crippen LogP contribution in [-0.2, 0) is 11.2 Å². The van der Waals surface area contributed by atoms with Crippen molar-refractivity contribution in [2.45, 2.75) is 31.3 Å². The third-order valence-corrected chi connectivity index (χ3v) is 2.56. The van der Waals surface area contributed by atoms with Crippen LogP contribution >= 0.6 is 0 Å². The maximum atomic E-state index is 11.6. The fourth-order valence-electron chi connectivity index (χ4n) is 1.50. The Labute approximate surface area is 89.7 Å². The van der Waals surface area contributed by atoms with Crippen molar-refractivity contribution in [1.82, 2.24) is 5.32 Å². The summed E-state index contributed by atoms with van der Waals surface area (Å²) < 4.78 is 0. The zero-order chi connectivity index (χ0) is 10.7. The highest BCUT2D eigenvalue weighted by atomic mass is 16.2. The molecular weight excluding hydrogens is 188 g/mol. The highest BCUT2D eigenvalue weighted by molar-refractivity contribution is 5.82. The molecule has 1 aromatic rings. The van der Waals surface area contributed by atoms with Gasteiger partial charge in [-0.05, 0) is 24.8 Å². The van der Waals surface area contributed by atoms with Crippen LogP contribution in [-0.4, -0.2) is 18.0 Å². The number of nitrogens with two attached hydrogens (primary N) is 1. The number of rotatable bonds is 4. The maximum Gasteiger partial charge on any atom is 0.237 e. The largest absolute Gasteiger partial charge is 0.352 e. The summed E-state index contributed by atoms with van der Waals surface area (Å²) in [7, 11) is 0. The first-order valence-electron chi connectivity index (χ1n) is 5.35. The molecule has 3 heteroatoms. The normalized spacial score (nSPS) is 17.1. The zero-order valence-corrected chi connectivity index (χ0v) is 8.65. The number of amides is 1. The first-order valence-corrected chi connectivity index (χ1v) is 5.35. The molecule has 0 aliphatic heterocycles. The molecule has 3 nitrogen and oxygen atoms in total. The summed E-state index contributed by atoms with van der Waals surface area (Å²) in [4.78, 5) is 11.6. The van der Waals surface area contributed by atoms with E-state index in [-0.39, 0.29) is 5.91 Å². The Morgan fingerprint density at radius 2 is 2.07 bits per heavy atom. The van der Waals surface area contributed by atoms with Gasteiger partial charge in [-0.25, -0.2) is 0 Å². The molecule has 1 aliphatic carbocycles. The monoisotopic (exact) mass is 204 g/mol. The lowest BCUT2D eigenvalue weighted by molar-refractivity contribution is -0.122. The van der Waals surface area contributed by atoms with E-state index in [4.69, 9.17) is 5.73 Å². The standard InChI is InChI=1S/C12H16N2O/c13-11(12(15)14-10-6-7-10)8-9-4-2-1-3-5-9/h1-5,10-11H,6-8,13H2,(H,14,15). The predicted octanol–water partition coefficient (Wildman–Crippen LogP) is 0.835. The second-order valence-electron chi connectivity index (χ2n) is 4.08. The van der Waals surface area contributed by atoms with Crippen LogP contribution in [0.2, 0.25) is 0 Å².